The van der Waals surface area contributed by atoms with Crippen molar-refractivity contribution in [3.8, 4) is 0 Å². The first-order chi connectivity index (χ1) is 8.95. The van der Waals surface area contributed by atoms with Gasteiger partial charge in [-0.2, -0.15) is 4.73 Å². The number of hydrogen-bond donors (Lipinski definition) is 3. The normalized spacial score (nSPS) is 24.1. The van der Waals surface area contributed by atoms with E-state index >= 15 is 0 Å². The maximum absolute atomic E-state index is 13.8. The standard InChI is InChI=1S/C12H16F2N2O3/c13-12(14)2-3-15-6-9(12)8-1-4-16(19)10(5-8)11(18)7-17/h1,4-5,9,11,15,17-18H,2-3,6-7H2. The number of aliphatic hydroxyl groups is 2. The smallest absolute Gasteiger partial charge is 0.257 e. The van der Waals surface area contributed by atoms with Gasteiger partial charge in [-0.1, -0.05) is 0 Å². The van der Waals surface area contributed by atoms with Gasteiger partial charge in [-0.3, -0.25) is 0 Å². The molecule has 1 aromatic heterocycles. The molecular weight excluding hydrogens is 258 g/mol. The third kappa shape index (κ3) is 2.83. The number of aromatic nitrogens is 1. The van der Waals surface area contributed by atoms with Crippen molar-refractivity contribution in [2.24, 2.45) is 0 Å². The topological polar surface area (TPSA) is 79.4 Å². The van der Waals surface area contributed by atoms with Gasteiger partial charge in [0.15, 0.2) is 12.3 Å². The largest absolute Gasteiger partial charge is 0.618 e. The van der Waals surface area contributed by atoms with Crippen LogP contribution in [0.5, 0.6) is 0 Å². The van der Waals surface area contributed by atoms with E-state index < -0.39 is 24.6 Å². The Balaban J connectivity index is 2.34. The number of nitrogens with one attached hydrogen (secondary N) is 1. The Morgan fingerprint density at radius 1 is 1.58 bits per heavy atom. The molecule has 106 valence electrons. The first kappa shape index (κ1) is 14.1. The molecule has 2 atom stereocenters. The number of nitrogens with zero attached hydrogens (tertiary/aromatic N) is 1. The minimum absolute atomic E-state index is 0.116. The van der Waals surface area contributed by atoms with Gasteiger partial charge in [0.1, 0.15) is 0 Å². The summed E-state index contributed by atoms with van der Waals surface area (Å²) in [5, 5.41) is 32.7. The van der Waals surface area contributed by atoms with Gasteiger partial charge < -0.3 is 20.7 Å². The summed E-state index contributed by atoms with van der Waals surface area (Å²) in [6.45, 7) is -0.264. The molecule has 0 saturated carbocycles. The predicted octanol–water partition coefficient (Wildman–Crippen LogP) is 0.0579. The van der Waals surface area contributed by atoms with Crippen molar-refractivity contribution in [2.45, 2.75) is 24.4 Å². The Kier molecular flexibility index (Phi) is 3.98. The lowest BCUT2D eigenvalue weighted by Gasteiger charge is -2.32. The van der Waals surface area contributed by atoms with Crippen molar-refractivity contribution in [1.29, 1.82) is 0 Å². The molecule has 2 heterocycles. The lowest BCUT2D eigenvalue weighted by Crippen LogP contribution is -2.43. The molecule has 19 heavy (non-hydrogen) atoms. The van der Waals surface area contributed by atoms with Gasteiger partial charge in [0.05, 0.1) is 12.5 Å². The molecule has 0 bridgehead atoms. The van der Waals surface area contributed by atoms with Gasteiger partial charge in [-0.25, -0.2) is 8.78 Å². The van der Waals surface area contributed by atoms with Crippen LogP contribution in [-0.4, -0.2) is 35.8 Å². The number of rotatable bonds is 3. The van der Waals surface area contributed by atoms with Crippen LogP contribution in [0.1, 0.15) is 29.7 Å². The zero-order valence-corrected chi connectivity index (χ0v) is 10.2. The molecule has 2 unspecified atom stereocenters. The molecular formula is C12H16F2N2O3. The lowest BCUT2D eigenvalue weighted by atomic mass is 9.88. The van der Waals surface area contributed by atoms with Gasteiger partial charge >= 0.3 is 0 Å². The van der Waals surface area contributed by atoms with Crippen LogP contribution >= 0.6 is 0 Å². The van der Waals surface area contributed by atoms with E-state index in [1.165, 1.54) is 12.1 Å². The predicted molar refractivity (Wildman–Crippen MR) is 62.6 cm³/mol. The zero-order valence-electron chi connectivity index (χ0n) is 10.2. The zero-order chi connectivity index (χ0) is 14.0. The van der Waals surface area contributed by atoms with E-state index in [0.29, 0.717) is 4.73 Å². The van der Waals surface area contributed by atoms with Gasteiger partial charge in [0, 0.05) is 31.6 Å². The Bertz CT molecular complexity index is 457. The van der Waals surface area contributed by atoms with Gasteiger partial charge in [0.25, 0.3) is 5.92 Å². The molecule has 0 radical (unpaired) electrons. The fraction of sp³-hybridized carbons (Fsp3) is 0.583. The second-order valence-corrected chi connectivity index (χ2v) is 4.68. The number of piperidine rings is 1. The maximum Gasteiger partial charge on any atom is 0.257 e. The van der Waals surface area contributed by atoms with Crippen LogP contribution in [0.2, 0.25) is 0 Å². The Hall–Kier alpha value is -1.31. The van der Waals surface area contributed by atoms with Crippen LogP contribution in [0.25, 0.3) is 0 Å². The molecule has 0 amide bonds. The Morgan fingerprint density at radius 3 is 2.95 bits per heavy atom. The summed E-state index contributed by atoms with van der Waals surface area (Å²) in [7, 11) is 0. The second kappa shape index (κ2) is 5.36. The van der Waals surface area contributed by atoms with E-state index in [-0.39, 0.29) is 30.8 Å². The summed E-state index contributed by atoms with van der Waals surface area (Å²) in [5.41, 5.74) is 0.160. The monoisotopic (exact) mass is 274 g/mol. The quantitative estimate of drug-likeness (QED) is 0.538. The summed E-state index contributed by atoms with van der Waals surface area (Å²) >= 11 is 0. The highest BCUT2D eigenvalue weighted by molar-refractivity contribution is 5.23. The van der Waals surface area contributed by atoms with Gasteiger partial charge in [0.2, 0.25) is 5.69 Å². The lowest BCUT2D eigenvalue weighted by molar-refractivity contribution is -0.618. The van der Waals surface area contributed by atoms with Gasteiger partial charge in [-0.05, 0) is 5.56 Å². The molecule has 3 N–H and O–H groups in total. The number of halogens is 2. The Labute approximate surface area is 109 Å². The van der Waals surface area contributed by atoms with E-state index in [2.05, 4.69) is 5.32 Å². The van der Waals surface area contributed by atoms with Crippen LogP contribution in [0.15, 0.2) is 18.3 Å². The molecule has 0 aromatic carbocycles. The molecule has 1 fully saturated rings. The van der Waals surface area contributed by atoms with Crippen LogP contribution < -0.4 is 10.0 Å². The van der Waals surface area contributed by atoms with Crippen LogP contribution in [0.4, 0.5) is 8.78 Å². The van der Waals surface area contributed by atoms with Crippen molar-refractivity contribution in [3.63, 3.8) is 0 Å². The summed E-state index contributed by atoms with van der Waals surface area (Å²) in [6.07, 6.45) is -0.557. The number of aliphatic hydroxyl groups excluding tert-OH is 2. The molecule has 1 aromatic rings. The van der Waals surface area contributed by atoms with Crippen molar-refractivity contribution in [3.05, 3.63) is 34.8 Å². The van der Waals surface area contributed by atoms with Crippen molar-refractivity contribution in [1.82, 2.24) is 5.32 Å². The van der Waals surface area contributed by atoms with E-state index in [9.17, 15) is 19.1 Å². The average molecular weight is 274 g/mol. The fourth-order valence-electron chi connectivity index (χ4n) is 2.26. The SMILES string of the molecule is [O-][n+]1ccc(C2CNCCC2(F)F)cc1C(O)CO. The van der Waals surface area contributed by atoms with Crippen LogP contribution in [0.3, 0.4) is 0 Å². The van der Waals surface area contributed by atoms with Crippen LogP contribution in [0, 0.1) is 5.21 Å². The third-order valence-electron chi connectivity index (χ3n) is 3.38. The minimum Gasteiger partial charge on any atom is -0.618 e. The average Bonchev–Trinajstić information content (AvgIpc) is 2.38. The molecule has 5 nitrogen and oxygen atoms in total. The fourth-order valence-corrected chi connectivity index (χ4v) is 2.26. The van der Waals surface area contributed by atoms with Crippen molar-refractivity contribution in [2.75, 3.05) is 19.7 Å². The molecule has 0 aliphatic carbocycles. The summed E-state index contributed by atoms with van der Waals surface area (Å²) in [5.74, 6) is -3.88. The van der Waals surface area contributed by atoms with Gasteiger partial charge in [-0.15, -0.1) is 0 Å². The summed E-state index contributed by atoms with van der Waals surface area (Å²) < 4.78 is 28.0. The van der Waals surface area contributed by atoms with E-state index in [4.69, 9.17) is 5.11 Å². The highest BCUT2D eigenvalue weighted by Gasteiger charge is 2.42. The molecule has 1 aliphatic rings. The van der Waals surface area contributed by atoms with E-state index in [1.54, 1.807) is 0 Å². The molecule has 1 saturated heterocycles. The molecule has 7 heteroatoms. The highest BCUT2D eigenvalue weighted by atomic mass is 19.3. The first-order valence-electron chi connectivity index (χ1n) is 6.06. The molecule has 2 rings (SSSR count). The van der Waals surface area contributed by atoms with Crippen molar-refractivity contribution >= 4 is 0 Å². The van der Waals surface area contributed by atoms with Crippen molar-refractivity contribution < 1.29 is 23.7 Å². The number of alkyl halides is 2. The van der Waals surface area contributed by atoms with E-state index in [0.717, 1.165) is 6.20 Å². The third-order valence-corrected chi connectivity index (χ3v) is 3.38. The maximum atomic E-state index is 13.8. The molecule has 0 spiro atoms. The Morgan fingerprint density at radius 2 is 2.32 bits per heavy atom. The van der Waals surface area contributed by atoms with E-state index in [1.807, 2.05) is 0 Å². The second-order valence-electron chi connectivity index (χ2n) is 4.68. The highest BCUT2D eigenvalue weighted by Crippen LogP contribution is 2.37. The summed E-state index contributed by atoms with van der Waals surface area (Å²) in [4.78, 5) is 0. The van der Waals surface area contributed by atoms with Crippen LogP contribution in [-0.2, 0) is 0 Å². The summed E-state index contributed by atoms with van der Waals surface area (Å²) in [6, 6.07) is 2.56. The minimum atomic E-state index is -2.85. The number of pyridine rings is 1. The number of hydrogen-bond acceptors (Lipinski definition) is 4. The molecule has 1 aliphatic heterocycles. The first-order valence-corrected chi connectivity index (χ1v) is 6.06.